The number of anilines is 1. The zero-order chi connectivity index (χ0) is 14.7. The lowest BCUT2D eigenvalue weighted by molar-refractivity contribution is 0.683. The number of hydrogen-bond donors (Lipinski definition) is 1. The summed E-state index contributed by atoms with van der Waals surface area (Å²) in [6, 6.07) is 12.4. The van der Waals surface area contributed by atoms with E-state index in [4.69, 9.17) is 22.6 Å². The van der Waals surface area contributed by atoms with Gasteiger partial charge in [-0.2, -0.15) is 5.26 Å². The maximum absolute atomic E-state index is 12.4. The van der Waals surface area contributed by atoms with Crippen LogP contribution in [0.25, 0.3) is 0 Å². The van der Waals surface area contributed by atoms with Crippen LogP contribution in [0.15, 0.2) is 41.3 Å². The summed E-state index contributed by atoms with van der Waals surface area (Å²) in [6.45, 7) is 1.90. The molecule has 0 aromatic heterocycles. The van der Waals surface area contributed by atoms with E-state index < -0.39 is 10.8 Å². The molecule has 0 fully saturated rings. The molecule has 0 spiro atoms. The summed E-state index contributed by atoms with van der Waals surface area (Å²) in [5.41, 5.74) is 8.76. The van der Waals surface area contributed by atoms with E-state index in [1.165, 1.54) is 0 Å². The second-order valence-electron chi connectivity index (χ2n) is 4.43. The van der Waals surface area contributed by atoms with Gasteiger partial charge in [-0.15, -0.1) is 0 Å². The van der Waals surface area contributed by atoms with Gasteiger partial charge in [-0.05, 0) is 48.4 Å². The van der Waals surface area contributed by atoms with Gasteiger partial charge < -0.3 is 5.73 Å². The molecule has 0 saturated carbocycles. The van der Waals surface area contributed by atoms with E-state index in [2.05, 4.69) is 6.07 Å². The van der Waals surface area contributed by atoms with Crippen molar-refractivity contribution in [3.05, 3.63) is 58.1 Å². The minimum absolute atomic E-state index is 0.364. The molecule has 0 radical (unpaired) electrons. The molecule has 0 bridgehead atoms. The number of benzene rings is 2. The molecule has 2 rings (SSSR count). The maximum atomic E-state index is 12.4. The first-order valence-corrected chi connectivity index (χ1v) is 7.64. The summed E-state index contributed by atoms with van der Waals surface area (Å²) < 4.78 is 12.4. The van der Waals surface area contributed by atoms with Gasteiger partial charge in [0.2, 0.25) is 0 Å². The Hall–Kier alpha value is -1.83. The van der Waals surface area contributed by atoms with Gasteiger partial charge in [-0.3, -0.25) is 4.21 Å². The topological polar surface area (TPSA) is 66.9 Å². The van der Waals surface area contributed by atoms with Gasteiger partial charge in [-0.25, -0.2) is 0 Å². The van der Waals surface area contributed by atoms with Crippen molar-refractivity contribution in [2.75, 3.05) is 5.73 Å². The van der Waals surface area contributed by atoms with Crippen LogP contribution in [-0.2, 0) is 16.6 Å². The first-order valence-electron chi connectivity index (χ1n) is 5.94. The van der Waals surface area contributed by atoms with Gasteiger partial charge in [0.25, 0.3) is 0 Å². The van der Waals surface area contributed by atoms with Crippen LogP contribution in [0.1, 0.15) is 16.7 Å². The molecule has 102 valence electrons. The molecule has 0 saturated heterocycles. The monoisotopic (exact) mass is 304 g/mol. The Kier molecular flexibility index (Phi) is 4.43. The minimum Gasteiger partial charge on any atom is -0.398 e. The quantitative estimate of drug-likeness (QED) is 0.884. The third-order valence-electron chi connectivity index (χ3n) is 2.98. The fourth-order valence-corrected chi connectivity index (χ4v) is 3.36. The molecule has 2 aromatic carbocycles. The molecule has 5 heteroatoms. The Labute approximate surface area is 125 Å². The zero-order valence-corrected chi connectivity index (χ0v) is 12.5. The van der Waals surface area contributed by atoms with Gasteiger partial charge >= 0.3 is 0 Å². The standard InChI is InChI=1S/C15H13ClN2OS/c1-10-6-11(8-17)2-3-12(10)9-20(19)15-5-4-13(16)7-14(15)18/h2-7H,9,18H2,1H3. The van der Waals surface area contributed by atoms with Crippen molar-refractivity contribution < 1.29 is 4.21 Å². The second-order valence-corrected chi connectivity index (χ2v) is 6.28. The van der Waals surface area contributed by atoms with E-state index in [1.54, 1.807) is 30.3 Å². The number of halogens is 1. The van der Waals surface area contributed by atoms with Crippen molar-refractivity contribution in [3.63, 3.8) is 0 Å². The normalized spacial score (nSPS) is 11.8. The lowest BCUT2D eigenvalue weighted by Crippen LogP contribution is -2.02. The molecule has 2 N–H and O–H groups in total. The lowest BCUT2D eigenvalue weighted by atomic mass is 10.1. The van der Waals surface area contributed by atoms with E-state index in [0.717, 1.165) is 11.1 Å². The smallest absolute Gasteiger partial charge is 0.0991 e. The molecule has 3 nitrogen and oxygen atoms in total. The highest BCUT2D eigenvalue weighted by atomic mass is 35.5. The third kappa shape index (κ3) is 3.19. The van der Waals surface area contributed by atoms with Crippen LogP contribution >= 0.6 is 11.6 Å². The molecule has 20 heavy (non-hydrogen) atoms. The zero-order valence-electron chi connectivity index (χ0n) is 10.9. The number of hydrogen-bond acceptors (Lipinski definition) is 3. The Balaban J connectivity index is 2.26. The van der Waals surface area contributed by atoms with Crippen LogP contribution in [0.4, 0.5) is 5.69 Å². The number of nitrogen functional groups attached to an aromatic ring is 1. The van der Waals surface area contributed by atoms with Gasteiger partial charge in [0.1, 0.15) is 0 Å². The highest BCUT2D eigenvalue weighted by Crippen LogP contribution is 2.24. The number of rotatable bonds is 3. The largest absolute Gasteiger partial charge is 0.398 e. The Morgan fingerprint density at radius 2 is 2.05 bits per heavy atom. The van der Waals surface area contributed by atoms with Crippen molar-refractivity contribution in [1.29, 1.82) is 5.26 Å². The van der Waals surface area contributed by atoms with Gasteiger partial charge in [0.15, 0.2) is 0 Å². The van der Waals surface area contributed by atoms with E-state index in [1.807, 2.05) is 13.0 Å². The Morgan fingerprint density at radius 1 is 1.30 bits per heavy atom. The van der Waals surface area contributed by atoms with E-state index >= 15 is 0 Å². The highest BCUT2D eigenvalue weighted by molar-refractivity contribution is 7.84. The predicted octanol–water partition coefficient (Wildman–Crippen LogP) is 3.41. The molecule has 0 amide bonds. The summed E-state index contributed by atoms with van der Waals surface area (Å²) >= 11 is 5.83. The van der Waals surface area contributed by atoms with Crippen LogP contribution in [0.5, 0.6) is 0 Å². The average molecular weight is 305 g/mol. The Bertz CT molecular complexity index is 722. The summed E-state index contributed by atoms with van der Waals surface area (Å²) in [7, 11) is -1.24. The molecule has 0 heterocycles. The first-order chi connectivity index (χ1) is 9.51. The van der Waals surface area contributed by atoms with E-state index in [-0.39, 0.29) is 0 Å². The Morgan fingerprint density at radius 3 is 2.65 bits per heavy atom. The van der Waals surface area contributed by atoms with Crippen LogP contribution in [0.2, 0.25) is 5.02 Å². The molecule has 2 aromatic rings. The third-order valence-corrected chi connectivity index (χ3v) is 4.65. The number of nitrogens with zero attached hydrogens (tertiary/aromatic N) is 1. The fourth-order valence-electron chi connectivity index (χ4n) is 1.87. The summed E-state index contributed by atoms with van der Waals surface area (Å²) in [5, 5.41) is 9.36. The van der Waals surface area contributed by atoms with E-state index in [9.17, 15) is 4.21 Å². The number of aryl methyl sites for hydroxylation is 1. The van der Waals surface area contributed by atoms with Crippen molar-refractivity contribution in [1.82, 2.24) is 0 Å². The molecule has 1 unspecified atom stereocenters. The molecule has 0 aliphatic heterocycles. The van der Waals surface area contributed by atoms with Gasteiger partial charge in [0.05, 0.1) is 33.1 Å². The van der Waals surface area contributed by atoms with Gasteiger partial charge in [0, 0.05) is 10.7 Å². The van der Waals surface area contributed by atoms with Crippen LogP contribution in [0, 0.1) is 18.3 Å². The van der Waals surface area contributed by atoms with Crippen molar-refractivity contribution in [3.8, 4) is 6.07 Å². The lowest BCUT2D eigenvalue weighted by Gasteiger charge is -2.08. The van der Waals surface area contributed by atoms with Gasteiger partial charge in [-0.1, -0.05) is 17.7 Å². The first kappa shape index (κ1) is 14.6. The summed E-state index contributed by atoms with van der Waals surface area (Å²) in [5.74, 6) is 0.364. The number of nitriles is 1. The highest BCUT2D eigenvalue weighted by Gasteiger charge is 2.11. The second kappa shape index (κ2) is 6.08. The molecule has 0 aliphatic rings. The maximum Gasteiger partial charge on any atom is 0.0991 e. The number of nitrogens with two attached hydrogens (primary N) is 1. The molecule has 0 aliphatic carbocycles. The van der Waals surface area contributed by atoms with Crippen LogP contribution in [0.3, 0.4) is 0 Å². The summed E-state index contributed by atoms with van der Waals surface area (Å²) in [6.07, 6.45) is 0. The fraction of sp³-hybridized carbons (Fsp3) is 0.133. The molecular formula is C15H13ClN2OS. The SMILES string of the molecule is Cc1cc(C#N)ccc1CS(=O)c1ccc(Cl)cc1N. The summed E-state index contributed by atoms with van der Waals surface area (Å²) in [4.78, 5) is 0.582. The van der Waals surface area contributed by atoms with Crippen LogP contribution < -0.4 is 5.73 Å². The van der Waals surface area contributed by atoms with Crippen molar-refractivity contribution in [2.45, 2.75) is 17.6 Å². The van der Waals surface area contributed by atoms with Crippen molar-refractivity contribution >= 4 is 28.1 Å². The van der Waals surface area contributed by atoms with Crippen molar-refractivity contribution in [2.24, 2.45) is 0 Å². The van der Waals surface area contributed by atoms with Crippen LogP contribution in [-0.4, -0.2) is 4.21 Å². The predicted molar refractivity (Wildman–Crippen MR) is 81.9 cm³/mol. The molecule has 1 atom stereocenters. The molecular weight excluding hydrogens is 292 g/mol. The van der Waals surface area contributed by atoms with E-state index in [0.29, 0.717) is 26.9 Å². The average Bonchev–Trinajstić information content (AvgIpc) is 2.40. The minimum atomic E-state index is -1.24.